The summed E-state index contributed by atoms with van der Waals surface area (Å²) in [4.78, 5) is 64.3. The smallest absolute Gasteiger partial charge is 0.409 e. The van der Waals surface area contributed by atoms with Crippen molar-refractivity contribution in [2.24, 2.45) is 27.9 Å². The van der Waals surface area contributed by atoms with Gasteiger partial charge >= 0.3 is 18.0 Å². The maximum Gasteiger partial charge on any atom is 0.409 e. The summed E-state index contributed by atoms with van der Waals surface area (Å²) in [6.07, 6.45) is -1.18. The number of aromatic nitrogens is 4. The molecule has 3 aromatic carbocycles. The number of nitrogens with one attached hydrogen (secondary N) is 2. The van der Waals surface area contributed by atoms with Crippen LogP contribution in [-0.4, -0.2) is 177 Å². The third-order valence-electron chi connectivity index (χ3n) is 18.2. The number of aliphatic carboxylic acids is 1. The summed E-state index contributed by atoms with van der Waals surface area (Å²) in [6.45, 7) is 11.0. The molecule has 5 fully saturated rings. The number of rotatable bonds is 26. The maximum atomic E-state index is 13.8. The highest BCUT2D eigenvalue weighted by atomic mass is 32.1. The lowest BCUT2D eigenvalue weighted by atomic mass is 9.39. The van der Waals surface area contributed by atoms with E-state index in [2.05, 4.69) is 29.5 Å². The molecule has 12 rings (SSSR count). The van der Waals surface area contributed by atoms with Crippen molar-refractivity contribution in [1.29, 1.82) is 0 Å². The molecular weight excluding hydrogens is 1170 g/mol. The van der Waals surface area contributed by atoms with Crippen LogP contribution >= 0.6 is 11.3 Å². The Morgan fingerprint density at radius 2 is 1.64 bits per heavy atom. The number of ether oxygens (including phenoxy) is 6. The molecule has 89 heavy (non-hydrogen) atoms. The van der Waals surface area contributed by atoms with Crippen molar-refractivity contribution in [2.75, 3.05) is 81.8 Å². The summed E-state index contributed by atoms with van der Waals surface area (Å²) in [6, 6.07) is 22.0. The Bertz CT molecular complexity index is 3510. The molecule has 4 saturated carbocycles. The number of para-hydroxylation sites is 1. The van der Waals surface area contributed by atoms with Crippen molar-refractivity contribution in [2.45, 2.75) is 122 Å². The largest absolute Gasteiger partial charge is 0.479 e. The molecule has 0 spiro atoms. The number of aliphatic hydroxyl groups is 3. The van der Waals surface area contributed by atoms with Crippen molar-refractivity contribution in [3.8, 4) is 16.9 Å². The van der Waals surface area contributed by atoms with E-state index in [-0.39, 0.29) is 59.5 Å². The zero-order valence-electron chi connectivity index (χ0n) is 50.5. The Hall–Kier alpha value is -7.33. The molecule has 476 valence electrons. The fourth-order valence-corrected chi connectivity index (χ4v) is 15.7. The first-order chi connectivity index (χ1) is 42.7. The number of amides is 2. The first-order valence-electron chi connectivity index (χ1n) is 30.3. The number of nitrogens with zero attached hydrogens (tertiary/aromatic N) is 6. The van der Waals surface area contributed by atoms with Crippen LogP contribution in [0.25, 0.3) is 21.3 Å². The number of carbonyl (C=O) groups is 4. The molecule has 24 nitrogen and oxygen atoms in total. The quantitative estimate of drug-likeness (QED) is 0.0262. The van der Waals surface area contributed by atoms with Gasteiger partial charge in [0.05, 0.1) is 61.2 Å². The molecule has 1 saturated heterocycles. The zero-order valence-corrected chi connectivity index (χ0v) is 51.3. The first kappa shape index (κ1) is 63.2. The highest BCUT2D eigenvalue weighted by molar-refractivity contribution is 7.22. The number of benzene rings is 3. The van der Waals surface area contributed by atoms with Gasteiger partial charge < -0.3 is 74.8 Å². The van der Waals surface area contributed by atoms with Crippen LogP contribution in [0.15, 0.2) is 79.0 Å². The SMILES string of the molecule is Cc1c(-c2ccc(N3CCc4cccc(C(=O)Nc5nc6ccccc6s5)c4C3)nc2C(=O)O)cnn1CC12CC3(C)CC(CC(C)(C3)C1)C2OCCOCCOCCN(C)C(=O)OCc1ccc(O[C@@H]2O[C@H](C(=O)O)[C@@H](O)[C@H](O)[C@H]2O)c(NCCCN)c1. The van der Waals surface area contributed by atoms with Gasteiger partial charge in [0.2, 0.25) is 6.29 Å². The Kier molecular flexibility index (Phi) is 18.9. The van der Waals surface area contributed by atoms with Crippen LogP contribution in [0, 0.1) is 29.1 Å². The van der Waals surface area contributed by atoms with Gasteiger partial charge in [-0.2, -0.15) is 5.10 Å². The van der Waals surface area contributed by atoms with E-state index < -0.39 is 48.7 Å². The summed E-state index contributed by atoms with van der Waals surface area (Å²) in [5.74, 6) is -1.90. The highest BCUT2D eigenvalue weighted by Crippen LogP contribution is 2.70. The van der Waals surface area contributed by atoms with Crippen LogP contribution in [0.2, 0.25) is 0 Å². The second-order valence-corrected chi connectivity index (χ2v) is 26.2. The molecule has 6 aromatic rings. The second-order valence-electron chi connectivity index (χ2n) is 25.2. The summed E-state index contributed by atoms with van der Waals surface area (Å²) in [5.41, 5.74) is 12.1. The third-order valence-corrected chi connectivity index (χ3v) is 19.1. The molecule has 9 N–H and O–H groups in total. The van der Waals surface area contributed by atoms with Gasteiger partial charge in [0.15, 0.2) is 16.9 Å². The number of thiazole rings is 1. The average molecular weight is 1250 g/mol. The van der Waals surface area contributed by atoms with E-state index in [4.69, 9.17) is 44.2 Å². The number of nitrogens with two attached hydrogens (primary N) is 1. The first-order valence-corrected chi connectivity index (χ1v) is 31.2. The normalized spacial score (nSPS) is 26.0. The molecule has 3 aromatic heterocycles. The van der Waals surface area contributed by atoms with Gasteiger partial charge in [0.1, 0.15) is 36.5 Å². The molecule has 5 heterocycles. The number of pyridine rings is 1. The van der Waals surface area contributed by atoms with Gasteiger partial charge in [-0.1, -0.05) is 55.5 Å². The summed E-state index contributed by atoms with van der Waals surface area (Å²) in [5, 5.41) is 62.7. The molecule has 2 aliphatic heterocycles. The number of aliphatic hydroxyl groups excluding tert-OH is 3. The molecular formula is C64H79N9O15S. The Labute approximate surface area is 519 Å². The minimum Gasteiger partial charge on any atom is -0.479 e. The fraction of sp³-hybridized carbons (Fsp3) is 0.516. The van der Waals surface area contributed by atoms with Gasteiger partial charge in [-0.05, 0) is 134 Å². The predicted octanol–water partition coefficient (Wildman–Crippen LogP) is 6.70. The molecule has 25 heteroatoms. The van der Waals surface area contributed by atoms with Crippen molar-refractivity contribution in [3.63, 3.8) is 0 Å². The van der Waals surface area contributed by atoms with E-state index >= 15 is 0 Å². The van der Waals surface area contributed by atoms with E-state index in [1.807, 2.05) is 71.1 Å². The Morgan fingerprint density at radius 3 is 2.39 bits per heavy atom. The highest BCUT2D eigenvalue weighted by Gasteiger charge is 2.65. The number of hydrogen-bond donors (Lipinski definition) is 8. The molecule has 2 amide bonds. The van der Waals surface area contributed by atoms with E-state index in [0.29, 0.717) is 117 Å². The summed E-state index contributed by atoms with van der Waals surface area (Å²) < 4.78 is 38.4. The van der Waals surface area contributed by atoms with Crippen molar-refractivity contribution >= 4 is 62.1 Å². The molecule has 8 atom stereocenters. The number of likely N-dealkylation sites (N-methyl/N-ethyl adjacent to an activating group) is 1. The number of carbonyl (C=O) groups excluding carboxylic acids is 2. The van der Waals surface area contributed by atoms with Crippen LogP contribution in [0.1, 0.15) is 95.6 Å². The fourth-order valence-electron chi connectivity index (χ4n) is 14.8. The maximum absolute atomic E-state index is 13.8. The van der Waals surface area contributed by atoms with Gasteiger partial charge in [-0.25, -0.2) is 24.4 Å². The van der Waals surface area contributed by atoms with E-state index in [9.17, 15) is 44.7 Å². The third kappa shape index (κ3) is 13.7. The zero-order chi connectivity index (χ0) is 62.8. The van der Waals surface area contributed by atoms with Gasteiger partial charge in [-0.3, -0.25) is 14.8 Å². The lowest BCUT2D eigenvalue weighted by Gasteiger charge is -2.68. The predicted molar refractivity (Wildman–Crippen MR) is 329 cm³/mol. The monoisotopic (exact) mass is 1250 g/mol. The Balaban J connectivity index is 0.657. The van der Waals surface area contributed by atoms with Crippen LogP contribution < -0.4 is 26.0 Å². The van der Waals surface area contributed by atoms with E-state index in [1.54, 1.807) is 25.4 Å². The van der Waals surface area contributed by atoms with E-state index in [1.165, 1.54) is 28.7 Å². The van der Waals surface area contributed by atoms with Gasteiger partial charge in [0.25, 0.3) is 5.91 Å². The molecule has 0 radical (unpaired) electrons. The van der Waals surface area contributed by atoms with Gasteiger partial charge in [0, 0.05) is 67.6 Å². The number of carboxylic acid groups (broad SMARTS) is 2. The Morgan fingerprint density at radius 1 is 0.876 bits per heavy atom. The number of anilines is 3. The summed E-state index contributed by atoms with van der Waals surface area (Å²) >= 11 is 1.42. The van der Waals surface area contributed by atoms with Crippen molar-refractivity contribution < 1.29 is 73.1 Å². The van der Waals surface area contributed by atoms with Crippen LogP contribution in [0.5, 0.6) is 5.75 Å². The van der Waals surface area contributed by atoms with Gasteiger partial charge in [-0.15, -0.1) is 0 Å². The van der Waals surface area contributed by atoms with E-state index in [0.717, 1.165) is 52.7 Å². The minimum absolute atomic E-state index is 0.0251. The van der Waals surface area contributed by atoms with Crippen molar-refractivity contribution in [1.82, 2.24) is 24.6 Å². The summed E-state index contributed by atoms with van der Waals surface area (Å²) in [7, 11) is 1.60. The van der Waals surface area contributed by atoms with Crippen molar-refractivity contribution in [3.05, 3.63) is 113 Å². The molecule has 3 unspecified atom stereocenters. The topological polar surface area (TPSA) is 325 Å². The number of aromatic carboxylic acids is 1. The second kappa shape index (κ2) is 26.6. The number of carboxylic acids is 2. The number of hydrogen-bond acceptors (Lipinski definition) is 20. The molecule has 4 aliphatic carbocycles. The van der Waals surface area contributed by atoms with Crippen LogP contribution in [0.4, 0.5) is 21.4 Å². The lowest BCUT2D eigenvalue weighted by Crippen LogP contribution is -2.64. The lowest BCUT2D eigenvalue weighted by molar-refractivity contribution is -0.271. The van der Waals surface area contributed by atoms with Crippen LogP contribution in [0.3, 0.4) is 0 Å². The molecule has 6 aliphatic rings. The average Bonchev–Trinajstić information content (AvgIpc) is 0.809. The molecule has 4 bridgehead atoms. The van der Waals surface area contributed by atoms with Crippen LogP contribution in [-0.2, 0) is 54.6 Å². The minimum atomic E-state index is -1.87. The number of fused-ring (bicyclic) bond motifs is 2. The standard InChI is InChI=1S/C64H79N9O15S/c1-37-43(41-14-16-49(69-50(41)57(78)79)72-20-17-39-9-7-10-42(44(39)31-72)56(77)70-60-68-45-11-5-6-12-48(45)89-60)30-67-73(37)36-64-34-62(2)28-40(29-63(3,33-62)35-64)55(64)85-26-25-84-24-23-83-22-21-71(4)61(82)86-32-38-13-15-47(46(27-38)66-19-8-18-65)87-59-53(76)51(74)52(75)54(88-59)58(80)81/h5-7,9-16,27,30,40,51-55,59,66,74-76H,8,17-26,28-29,31-36,65H2,1-4H3,(H,78,79)(H,80,81)(H,68,70,77)/t40?,51-,52-,53+,54-,55?,59+,62?,63?,64?/m0/s1.